The molecular formula is C16H18F2N2. The minimum absolute atomic E-state index is 0.0673. The van der Waals surface area contributed by atoms with Gasteiger partial charge < -0.3 is 4.57 Å². The molecule has 0 amide bonds. The van der Waals surface area contributed by atoms with Crippen molar-refractivity contribution < 1.29 is 8.78 Å². The highest BCUT2D eigenvalue weighted by Gasteiger charge is 2.34. The predicted octanol–water partition coefficient (Wildman–Crippen LogP) is 3.86. The fourth-order valence-electron chi connectivity index (χ4n) is 2.92. The van der Waals surface area contributed by atoms with E-state index in [1.807, 2.05) is 6.92 Å². The van der Waals surface area contributed by atoms with Crippen LogP contribution < -0.4 is 0 Å². The third-order valence-electron chi connectivity index (χ3n) is 3.98. The molecule has 0 saturated heterocycles. The number of fused-ring (bicyclic) bond motifs is 1. The first-order valence-electron chi connectivity index (χ1n) is 7.06. The lowest BCUT2D eigenvalue weighted by atomic mass is 10.0. The normalized spacial score (nSPS) is 15.2. The first kappa shape index (κ1) is 13.3. The van der Waals surface area contributed by atoms with Crippen molar-refractivity contribution >= 4 is 0 Å². The van der Waals surface area contributed by atoms with Crippen LogP contribution in [0.15, 0.2) is 30.3 Å². The van der Waals surface area contributed by atoms with Crippen LogP contribution in [0.3, 0.4) is 0 Å². The van der Waals surface area contributed by atoms with Gasteiger partial charge in [-0.05, 0) is 32.6 Å². The first-order chi connectivity index (χ1) is 9.58. The predicted molar refractivity (Wildman–Crippen MR) is 73.9 cm³/mol. The number of alkyl halides is 2. The Bertz CT molecular complexity index is 602. The van der Waals surface area contributed by atoms with Crippen molar-refractivity contribution in [2.75, 3.05) is 0 Å². The van der Waals surface area contributed by atoms with Gasteiger partial charge in [-0.2, -0.15) is 8.78 Å². The summed E-state index contributed by atoms with van der Waals surface area (Å²) in [7, 11) is 0. The molecule has 0 radical (unpaired) electrons. The van der Waals surface area contributed by atoms with Gasteiger partial charge in [0, 0.05) is 11.3 Å². The zero-order valence-electron chi connectivity index (χ0n) is 11.6. The topological polar surface area (TPSA) is 17.8 Å². The molecule has 0 unspecified atom stereocenters. The quantitative estimate of drug-likeness (QED) is 0.832. The summed E-state index contributed by atoms with van der Waals surface area (Å²) in [4.78, 5) is 4.46. The van der Waals surface area contributed by atoms with E-state index >= 15 is 0 Å². The number of benzene rings is 1. The Labute approximate surface area is 117 Å². The summed E-state index contributed by atoms with van der Waals surface area (Å²) in [6, 6.07) is 8.03. The van der Waals surface area contributed by atoms with Gasteiger partial charge in [-0.1, -0.05) is 30.3 Å². The average molecular weight is 276 g/mol. The lowest BCUT2D eigenvalue weighted by Crippen LogP contribution is -2.24. The van der Waals surface area contributed by atoms with E-state index in [2.05, 4.69) is 4.98 Å². The molecule has 1 aliphatic carbocycles. The number of nitrogens with zero attached hydrogens (tertiary/aromatic N) is 2. The summed E-state index contributed by atoms with van der Waals surface area (Å²) in [5.41, 5.74) is 2.08. The molecule has 0 aliphatic heterocycles. The summed E-state index contributed by atoms with van der Waals surface area (Å²) >= 11 is 0. The monoisotopic (exact) mass is 276 g/mol. The number of hydrogen-bond acceptors (Lipinski definition) is 1. The largest absolute Gasteiger partial charge is 0.326 e. The Morgan fingerprint density at radius 2 is 1.85 bits per heavy atom. The van der Waals surface area contributed by atoms with Gasteiger partial charge in [0.25, 0.3) is 5.92 Å². The van der Waals surface area contributed by atoms with Crippen LogP contribution in [0, 0.1) is 6.92 Å². The van der Waals surface area contributed by atoms with Crippen molar-refractivity contribution in [1.29, 1.82) is 0 Å². The molecule has 1 heterocycles. The number of halogens is 2. The zero-order chi connectivity index (χ0) is 14.2. The third kappa shape index (κ3) is 2.35. The number of aryl methyl sites for hydroxylation is 2. The zero-order valence-corrected chi connectivity index (χ0v) is 11.6. The molecule has 20 heavy (non-hydrogen) atoms. The first-order valence-corrected chi connectivity index (χ1v) is 7.06. The highest BCUT2D eigenvalue weighted by atomic mass is 19.3. The van der Waals surface area contributed by atoms with Crippen LogP contribution in [0.4, 0.5) is 8.78 Å². The SMILES string of the molecule is Cc1nc2c(n1CC(F)(F)c1ccccc1)CCCC2. The maximum Gasteiger partial charge on any atom is 0.290 e. The van der Waals surface area contributed by atoms with Crippen LogP contribution >= 0.6 is 0 Å². The molecule has 0 bridgehead atoms. The van der Waals surface area contributed by atoms with E-state index in [9.17, 15) is 8.78 Å². The lowest BCUT2D eigenvalue weighted by molar-refractivity contribution is -0.0235. The average Bonchev–Trinajstić information content (AvgIpc) is 2.76. The molecule has 0 atom stereocenters. The molecule has 1 aromatic carbocycles. The summed E-state index contributed by atoms with van der Waals surface area (Å²) in [6.45, 7) is 1.50. The molecule has 2 aromatic rings. The Balaban J connectivity index is 1.93. The van der Waals surface area contributed by atoms with Crippen LogP contribution in [0.2, 0.25) is 0 Å². The molecule has 0 N–H and O–H groups in total. The molecule has 1 aromatic heterocycles. The van der Waals surface area contributed by atoms with Crippen molar-refractivity contribution in [3.05, 3.63) is 53.1 Å². The Kier molecular flexibility index (Phi) is 3.32. The van der Waals surface area contributed by atoms with E-state index in [0.29, 0.717) is 5.82 Å². The fraction of sp³-hybridized carbons (Fsp3) is 0.438. The molecule has 2 nitrogen and oxygen atoms in total. The van der Waals surface area contributed by atoms with Crippen molar-refractivity contribution in [3.63, 3.8) is 0 Å². The smallest absolute Gasteiger partial charge is 0.290 e. The second-order valence-corrected chi connectivity index (χ2v) is 5.42. The molecule has 0 saturated carbocycles. The Morgan fingerprint density at radius 3 is 2.60 bits per heavy atom. The van der Waals surface area contributed by atoms with Gasteiger partial charge in [-0.3, -0.25) is 0 Å². The summed E-state index contributed by atoms with van der Waals surface area (Å²) < 4.78 is 30.6. The van der Waals surface area contributed by atoms with Crippen LogP contribution in [0.5, 0.6) is 0 Å². The minimum atomic E-state index is -2.86. The van der Waals surface area contributed by atoms with E-state index < -0.39 is 5.92 Å². The van der Waals surface area contributed by atoms with Gasteiger partial charge in [-0.15, -0.1) is 0 Å². The molecule has 1 aliphatic rings. The second kappa shape index (κ2) is 5.00. The summed E-state index contributed by atoms with van der Waals surface area (Å²) in [5.74, 6) is -2.16. The number of imidazole rings is 1. The van der Waals surface area contributed by atoms with Crippen molar-refractivity contribution in [3.8, 4) is 0 Å². The van der Waals surface area contributed by atoms with E-state index in [1.165, 1.54) is 12.1 Å². The van der Waals surface area contributed by atoms with Gasteiger partial charge in [0.1, 0.15) is 5.82 Å². The Hall–Kier alpha value is -1.71. The van der Waals surface area contributed by atoms with Crippen molar-refractivity contribution in [2.24, 2.45) is 0 Å². The Morgan fingerprint density at radius 1 is 1.15 bits per heavy atom. The van der Waals surface area contributed by atoms with Gasteiger partial charge in [0.15, 0.2) is 0 Å². The van der Waals surface area contributed by atoms with Crippen LogP contribution in [-0.4, -0.2) is 9.55 Å². The maximum absolute atomic E-state index is 14.4. The summed E-state index contributed by atoms with van der Waals surface area (Å²) in [5, 5.41) is 0. The van der Waals surface area contributed by atoms with E-state index in [0.717, 1.165) is 37.1 Å². The number of hydrogen-bond donors (Lipinski definition) is 0. The van der Waals surface area contributed by atoms with Crippen molar-refractivity contribution in [1.82, 2.24) is 9.55 Å². The van der Waals surface area contributed by atoms with E-state index in [1.54, 1.807) is 22.8 Å². The molecular weight excluding hydrogens is 258 g/mol. The fourth-order valence-corrected chi connectivity index (χ4v) is 2.92. The number of rotatable bonds is 3. The van der Waals surface area contributed by atoms with Crippen molar-refractivity contribution in [2.45, 2.75) is 45.1 Å². The standard InChI is InChI=1S/C16H18F2N2/c1-12-19-14-9-5-6-10-15(14)20(12)11-16(17,18)13-7-3-2-4-8-13/h2-4,7-8H,5-6,9-11H2,1H3. The highest BCUT2D eigenvalue weighted by Crippen LogP contribution is 2.32. The van der Waals surface area contributed by atoms with Gasteiger partial charge in [0.05, 0.1) is 12.2 Å². The highest BCUT2D eigenvalue weighted by molar-refractivity contribution is 5.23. The molecule has 4 heteroatoms. The molecule has 0 spiro atoms. The minimum Gasteiger partial charge on any atom is -0.326 e. The van der Waals surface area contributed by atoms with E-state index in [-0.39, 0.29) is 12.1 Å². The summed E-state index contributed by atoms with van der Waals surface area (Å²) in [6.07, 6.45) is 3.95. The number of aromatic nitrogens is 2. The molecule has 106 valence electrons. The van der Waals surface area contributed by atoms with Gasteiger partial charge >= 0.3 is 0 Å². The maximum atomic E-state index is 14.4. The van der Waals surface area contributed by atoms with Gasteiger partial charge in [0.2, 0.25) is 0 Å². The lowest BCUT2D eigenvalue weighted by Gasteiger charge is -2.21. The third-order valence-corrected chi connectivity index (χ3v) is 3.98. The second-order valence-electron chi connectivity index (χ2n) is 5.42. The van der Waals surface area contributed by atoms with E-state index in [4.69, 9.17) is 0 Å². The van der Waals surface area contributed by atoms with Crippen LogP contribution in [0.25, 0.3) is 0 Å². The van der Waals surface area contributed by atoms with Gasteiger partial charge in [-0.25, -0.2) is 4.98 Å². The molecule has 3 rings (SSSR count). The molecule has 0 fully saturated rings. The van der Waals surface area contributed by atoms with Crippen LogP contribution in [-0.2, 0) is 25.3 Å². The van der Waals surface area contributed by atoms with Crippen LogP contribution in [0.1, 0.15) is 35.6 Å².